The van der Waals surface area contributed by atoms with Crippen molar-refractivity contribution in [2.75, 3.05) is 6.54 Å². The number of carbonyl (C=O) groups is 1. The van der Waals surface area contributed by atoms with Crippen LogP contribution < -0.4 is 10.6 Å². The second-order valence-corrected chi connectivity index (χ2v) is 5.26. The molecule has 1 heterocycles. The van der Waals surface area contributed by atoms with E-state index < -0.39 is 12.6 Å². The number of amides is 1. The fourth-order valence-electron chi connectivity index (χ4n) is 2.97. The predicted octanol–water partition coefficient (Wildman–Crippen LogP) is 1.98. The number of carbonyl (C=O) groups excluding carboxylic acids is 1. The average molecular weight is 264 g/mol. The second-order valence-electron chi connectivity index (χ2n) is 5.26. The predicted molar refractivity (Wildman–Crippen MR) is 61.0 cm³/mol. The molecular weight excluding hydrogens is 245 g/mol. The minimum atomic E-state index is -4.20. The van der Waals surface area contributed by atoms with Gasteiger partial charge in [0.05, 0.1) is 12.5 Å². The van der Waals surface area contributed by atoms with Gasteiger partial charge in [-0.2, -0.15) is 13.2 Å². The third-order valence-corrected chi connectivity index (χ3v) is 3.89. The minimum absolute atomic E-state index is 0.284. The van der Waals surface area contributed by atoms with E-state index in [0.717, 1.165) is 19.3 Å². The summed E-state index contributed by atoms with van der Waals surface area (Å²) in [6.07, 6.45) is 0.189. The number of alkyl halides is 3. The highest BCUT2D eigenvalue weighted by atomic mass is 19.4. The maximum absolute atomic E-state index is 12.0. The van der Waals surface area contributed by atoms with E-state index in [4.69, 9.17) is 0 Å². The fraction of sp³-hybridized carbons (Fsp3) is 0.917. The van der Waals surface area contributed by atoms with Crippen molar-refractivity contribution in [1.82, 2.24) is 10.6 Å². The molecule has 6 heteroatoms. The monoisotopic (exact) mass is 264 g/mol. The van der Waals surface area contributed by atoms with Crippen molar-refractivity contribution in [3.05, 3.63) is 0 Å². The van der Waals surface area contributed by atoms with Crippen molar-refractivity contribution in [2.45, 2.75) is 56.8 Å². The van der Waals surface area contributed by atoms with Gasteiger partial charge in [0, 0.05) is 12.6 Å². The van der Waals surface area contributed by atoms with Gasteiger partial charge in [-0.1, -0.05) is 12.8 Å². The summed E-state index contributed by atoms with van der Waals surface area (Å²) in [4.78, 5) is 11.7. The SMILES string of the molecule is O=C(NCCC(F)(F)F)C1CC2CCCCC2N1. The van der Waals surface area contributed by atoms with Gasteiger partial charge in [0.2, 0.25) is 5.91 Å². The van der Waals surface area contributed by atoms with E-state index in [1.807, 2.05) is 0 Å². The van der Waals surface area contributed by atoms with Crippen molar-refractivity contribution >= 4 is 5.91 Å². The van der Waals surface area contributed by atoms with Gasteiger partial charge in [-0.25, -0.2) is 0 Å². The van der Waals surface area contributed by atoms with Crippen molar-refractivity contribution in [1.29, 1.82) is 0 Å². The van der Waals surface area contributed by atoms with E-state index in [2.05, 4.69) is 10.6 Å². The Kier molecular flexibility index (Phi) is 4.14. The van der Waals surface area contributed by atoms with Crippen LogP contribution in [0.4, 0.5) is 13.2 Å². The van der Waals surface area contributed by atoms with Gasteiger partial charge in [0.15, 0.2) is 0 Å². The zero-order valence-electron chi connectivity index (χ0n) is 10.2. The maximum Gasteiger partial charge on any atom is 0.390 e. The van der Waals surface area contributed by atoms with Crippen LogP contribution in [0, 0.1) is 5.92 Å². The topological polar surface area (TPSA) is 41.1 Å². The maximum atomic E-state index is 12.0. The van der Waals surface area contributed by atoms with Crippen LogP contribution in [-0.2, 0) is 4.79 Å². The molecule has 3 unspecified atom stereocenters. The quantitative estimate of drug-likeness (QED) is 0.818. The number of halogens is 3. The lowest BCUT2D eigenvalue weighted by Gasteiger charge is -2.24. The minimum Gasteiger partial charge on any atom is -0.354 e. The van der Waals surface area contributed by atoms with Crippen molar-refractivity contribution in [3.63, 3.8) is 0 Å². The molecule has 2 N–H and O–H groups in total. The molecule has 1 amide bonds. The molecule has 18 heavy (non-hydrogen) atoms. The summed E-state index contributed by atoms with van der Waals surface area (Å²) in [6.45, 7) is -0.324. The molecule has 0 aromatic carbocycles. The standard InChI is InChI=1S/C12H19F3N2O/c13-12(14,15)5-6-16-11(18)10-7-8-3-1-2-4-9(8)17-10/h8-10,17H,1-7H2,(H,16,18). The lowest BCUT2D eigenvalue weighted by atomic mass is 9.85. The molecular formula is C12H19F3N2O. The Morgan fingerprint density at radius 1 is 1.28 bits per heavy atom. The molecule has 0 aromatic heterocycles. The zero-order chi connectivity index (χ0) is 13.2. The molecule has 104 valence electrons. The first-order valence-corrected chi connectivity index (χ1v) is 6.56. The van der Waals surface area contributed by atoms with Crippen molar-refractivity contribution in [3.8, 4) is 0 Å². The van der Waals surface area contributed by atoms with Crippen LogP contribution in [0.25, 0.3) is 0 Å². The second kappa shape index (κ2) is 5.47. The number of hydrogen-bond donors (Lipinski definition) is 2. The Labute approximate surface area is 104 Å². The van der Waals surface area contributed by atoms with Crippen LogP contribution in [0.5, 0.6) is 0 Å². The Hall–Kier alpha value is -0.780. The zero-order valence-corrected chi connectivity index (χ0v) is 10.2. The summed E-state index contributed by atoms with van der Waals surface area (Å²) in [5.74, 6) is 0.241. The van der Waals surface area contributed by atoms with Crippen molar-refractivity contribution in [2.24, 2.45) is 5.92 Å². The number of fused-ring (bicyclic) bond motifs is 1. The van der Waals surface area contributed by atoms with Gasteiger partial charge in [0.25, 0.3) is 0 Å². The number of hydrogen-bond acceptors (Lipinski definition) is 2. The Morgan fingerprint density at radius 2 is 2.00 bits per heavy atom. The molecule has 0 aromatic rings. The molecule has 2 rings (SSSR count). The third-order valence-electron chi connectivity index (χ3n) is 3.89. The van der Waals surface area contributed by atoms with Gasteiger partial charge in [-0.05, 0) is 25.2 Å². The first-order chi connectivity index (χ1) is 8.46. The van der Waals surface area contributed by atoms with Crippen LogP contribution in [0.2, 0.25) is 0 Å². The number of nitrogens with one attached hydrogen (secondary N) is 2. The van der Waals surface area contributed by atoms with E-state index in [9.17, 15) is 18.0 Å². The van der Waals surface area contributed by atoms with Crippen LogP contribution in [0.3, 0.4) is 0 Å². The smallest absolute Gasteiger partial charge is 0.354 e. The van der Waals surface area contributed by atoms with Gasteiger partial charge < -0.3 is 10.6 Å². The molecule has 0 bridgehead atoms. The molecule has 1 aliphatic heterocycles. The molecule has 2 aliphatic rings. The highest BCUT2D eigenvalue weighted by Gasteiger charge is 2.38. The van der Waals surface area contributed by atoms with Gasteiger partial charge in [-0.15, -0.1) is 0 Å². The Morgan fingerprint density at radius 3 is 2.67 bits per heavy atom. The van der Waals surface area contributed by atoms with Crippen LogP contribution in [0.15, 0.2) is 0 Å². The van der Waals surface area contributed by atoms with Crippen LogP contribution in [-0.4, -0.2) is 30.7 Å². The summed E-state index contributed by atoms with van der Waals surface area (Å²) in [5, 5.41) is 5.62. The summed E-state index contributed by atoms with van der Waals surface area (Å²) in [7, 11) is 0. The summed E-state index contributed by atoms with van der Waals surface area (Å²) in [5.41, 5.74) is 0. The van der Waals surface area contributed by atoms with E-state index in [1.165, 1.54) is 12.8 Å². The number of rotatable bonds is 3. The normalized spacial score (nSPS) is 32.1. The van der Waals surface area contributed by atoms with Gasteiger partial charge in [0.1, 0.15) is 0 Å². The summed E-state index contributed by atoms with van der Waals surface area (Å²) < 4.78 is 35.9. The average Bonchev–Trinajstić information content (AvgIpc) is 2.70. The van der Waals surface area contributed by atoms with E-state index in [-0.39, 0.29) is 18.5 Å². The Balaban J connectivity index is 1.73. The summed E-state index contributed by atoms with van der Waals surface area (Å²) in [6, 6.07) is 0.0865. The largest absolute Gasteiger partial charge is 0.390 e. The molecule has 1 saturated carbocycles. The van der Waals surface area contributed by atoms with Crippen LogP contribution >= 0.6 is 0 Å². The van der Waals surface area contributed by atoms with Crippen LogP contribution in [0.1, 0.15) is 38.5 Å². The third kappa shape index (κ3) is 3.60. The first kappa shape index (κ1) is 13.6. The Bertz CT molecular complexity index is 292. The van der Waals surface area contributed by atoms with Gasteiger partial charge in [-0.3, -0.25) is 4.79 Å². The molecule has 0 radical (unpaired) electrons. The van der Waals surface area contributed by atoms with E-state index >= 15 is 0 Å². The molecule has 3 atom stereocenters. The van der Waals surface area contributed by atoms with Gasteiger partial charge >= 0.3 is 6.18 Å². The molecule has 2 fully saturated rings. The fourth-order valence-corrected chi connectivity index (χ4v) is 2.97. The highest BCUT2D eigenvalue weighted by Crippen LogP contribution is 2.33. The lowest BCUT2D eigenvalue weighted by molar-refractivity contribution is -0.136. The van der Waals surface area contributed by atoms with Crippen molar-refractivity contribution < 1.29 is 18.0 Å². The summed E-state index contributed by atoms with van der Waals surface area (Å²) >= 11 is 0. The first-order valence-electron chi connectivity index (χ1n) is 6.56. The molecule has 3 nitrogen and oxygen atoms in total. The molecule has 1 aliphatic carbocycles. The molecule has 1 saturated heterocycles. The van der Waals surface area contributed by atoms with E-state index in [0.29, 0.717) is 12.0 Å². The highest BCUT2D eigenvalue weighted by molar-refractivity contribution is 5.82. The lowest BCUT2D eigenvalue weighted by Crippen LogP contribution is -2.43. The van der Waals surface area contributed by atoms with E-state index in [1.54, 1.807) is 0 Å². The molecule has 0 spiro atoms.